The van der Waals surface area contributed by atoms with E-state index in [1.165, 1.54) is 0 Å². The lowest BCUT2D eigenvalue weighted by molar-refractivity contribution is -0.140. The maximum absolute atomic E-state index is 11.4. The van der Waals surface area contributed by atoms with Crippen molar-refractivity contribution in [2.24, 2.45) is 0 Å². The van der Waals surface area contributed by atoms with E-state index in [9.17, 15) is 4.79 Å². The fraction of sp³-hybridized carbons (Fsp3) is 0.786. The van der Waals surface area contributed by atoms with Gasteiger partial charge in [-0.15, -0.1) is 0 Å². The average molecular weight is 256 g/mol. The van der Waals surface area contributed by atoms with Crippen LogP contribution in [0.5, 0.6) is 0 Å². The number of ether oxygens (including phenoxy) is 1. The molecule has 0 N–H and O–H groups in total. The largest absolute Gasteiger partial charge is 0.461 e. The molecule has 1 unspecified atom stereocenters. The van der Waals surface area contributed by atoms with Gasteiger partial charge in [-0.2, -0.15) is 0 Å². The van der Waals surface area contributed by atoms with Crippen molar-refractivity contribution in [2.75, 3.05) is 40.3 Å². The van der Waals surface area contributed by atoms with Gasteiger partial charge in [0, 0.05) is 11.6 Å². The highest BCUT2D eigenvalue weighted by atomic mass is 16.5. The maximum atomic E-state index is 11.4. The zero-order valence-corrected chi connectivity index (χ0v) is 12.5. The Balaban J connectivity index is 4.15. The quantitative estimate of drug-likeness (QED) is 0.465. The molecule has 0 heterocycles. The highest BCUT2D eigenvalue weighted by molar-refractivity contribution is 5.86. The highest BCUT2D eigenvalue weighted by Crippen LogP contribution is 2.04. The highest BCUT2D eigenvalue weighted by Gasteiger charge is 2.15. The van der Waals surface area contributed by atoms with E-state index in [2.05, 4.69) is 30.2 Å². The van der Waals surface area contributed by atoms with Crippen LogP contribution in [0.2, 0.25) is 0 Å². The third kappa shape index (κ3) is 6.77. The predicted octanol–water partition coefficient (Wildman–Crippen LogP) is 1.77. The molecule has 1 atom stereocenters. The molecule has 0 spiro atoms. The predicted molar refractivity (Wildman–Crippen MR) is 75.7 cm³/mol. The number of rotatable bonds is 9. The van der Waals surface area contributed by atoms with Crippen molar-refractivity contribution in [1.82, 2.24) is 9.80 Å². The number of nitrogens with zero attached hydrogens (tertiary/aromatic N) is 2. The normalized spacial score (nSPS) is 12.8. The summed E-state index contributed by atoms with van der Waals surface area (Å²) in [7, 11) is 4.03. The van der Waals surface area contributed by atoms with E-state index in [4.69, 9.17) is 4.74 Å². The molecule has 18 heavy (non-hydrogen) atoms. The molecule has 4 heteroatoms. The Bertz CT molecular complexity index is 261. The number of carbonyl (C=O) groups excluding carboxylic acids is 1. The van der Waals surface area contributed by atoms with Crippen LogP contribution < -0.4 is 0 Å². The van der Waals surface area contributed by atoms with Gasteiger partial charge in [-0.25, -0.2) is 4.79 Å². The molecule has 0 amide bonds. The molecular weight excluding hydrogens is 228 g/mol. The standard InChI is InChI=1S/C14H28N2O2/c1-7-16(8-2)10-9-13(15(5)6)11-18-14(17)12(3)4/h13H,3,7-11H2,1-2,4-6H3. The van der Waals surface area contributed by atoms with E-state index in [-0.39, 0.29) is 12.0 Å². The minimum Gasteiger partial charge on any atom is -0.461 e. The summed E-state index contributed by atoms with van der Waals surface area (Å²) in [5.74, 6) is -0.301. The SMILES string of the molecule is C=C(C)C(=O)OCC(CCN(CC)CC)N(C)C. The van der Waals surface area contributed by atoms with Gasteiger partial charge in [0.1, 0.15) is 6.61 Å². The van der Waals surface area contributed by atoms with Gasteiger partial charge < -0.3 is 14.5 Å². The maximum Gasteiger partial charge on any atom is 0.333 e. The number of esters is 1. The molecule has 0 rings (SSSR count). The van der Waals surface area contributed by atoms with E-state index in [0.717, 1.165) is 26.1 Å². The summed E-state index contributed by atoms with van der Waals surface area (Å²) in [6.07, 6.45) is 0.998. The molecule has 0 aliphatic rings. The van der Waals surface area contributed by atoms with Gasteiger partial charge in [0.2, 0.25) is 0 Å². The van der Waals surface area contributed by atoms with E-state index in [1.807, 2.05) is 14.1 Å². The molecule has 4 nitrogen and oxygen atoms in total. The number of hydrogen-bond donors (Lipinski definition) is 0. The van der Waals surface area contributed by atoms with Crippen LogP contribution >= 0.6 is 0 Å². The Hall–Kier alpha value is -0.870. The molecular formula is C14H28N2O2. The van der Waals surface area contributed by atoms with Crippen molar-refractivity contribution in [2.45, 2.75) is 33.2 Å². The second-order valence-corrected chi connectivity index (χ2v) is 4.81. The molecule has 0 radical (unpaired) electrons. The smallest absolute Gasteiger partial charge is 0.333 e. The van der Waals surface area contributed by atoms with Crippen LogP contribution in [0, 0.1) is 0 Å². The van der Waals surface area contributed by atoms with Crippen molar-refractivity contribution >= 4 is 5.97 Å². The van der Waals surface area contributed by atoms with Crippen LogP contribution in [0.15, 0.2) is 12.2 Å². The molecule has 0 aromatic rings. The number of hydrogen-bond acceptors (Lipinski definition) is 4. The molecule has 0 aliphatic heterocycles. The Morgan fingerprint density at radius 3 is 2.22 bits per heavy atom. The van der Waals surface area contributed by atoms with Crippen molar-refractivity contribution < 1.29 is 9.53 Å². The molecule has 0 aromatic heterocycles. The molecule has 0 saturated carbocycles. The zero-order chi connectivity index (χ0) is 14.1. The van der Waals surface area contributed by atoms with Crippen molar-refractivity contribution in [3.63, 3.8) is 0 Å². The van der Waals surface area contributed by atoms with E-state index >= 15 is 0 Å². The lowest BCUT2D eigenvalue weighted by atomic mass is 10.2. The minimum absolute atomic E-state index is 0.258. The summed E-state index contributed by atoms with van der Waals surface area (Å²) in [5, 5.41) is 0. The summed E-state index contributed by atoms with van der Waals surface area (Å²) in [6.45, 7) is 13.1. The molecule has 0 saturated heterocycles. The number of carbonyl (C=O) groups is 1. The van der Waals surface area contributed by atoms with Gasteiger partial charge in [0.15, 0.2) is 0 Å². The number of likely N-dealkylation sites (N-methyl/N-ethyl adjacent to an activating group) is 1. The molecule has 0 bridgehead atoms. The van der Waals surface area contributed by atoms with Gasteiger partial charge in [-0.05, 0) is 47.1 Å². The second kappa shape index (κ2) is 9.11. The van der Waals surface area contributed by atoms with Crippen LogP contribution in [-0.4, -0.2) is 62.1 Å². The van der Waals surface area contributed by atoms with Gasteiger partial charge in [0.05, 0.1) is 0 Å². The lowest BCUT2D eigenvalue weighted by Gasteiger charge is -2.27. The lowest BCUT2D eigenvalue weighted by Crippen LogP contribution is -2.37. The Labute approximate surface area is 112 Å². The Morgan fingerprint density at radius 2 is 1.83 bits per heavy atom. The first-order valence-electron chi connectivity index (χ1n) is 6.63. The van der Waals surface area contributed by atoms with Crippen molar-refractivity contribution in [1.29, 1.82) is 0 Å². The first-order chi connectivity index (χ1) is 8.42. The third-order valence-electron chi connectivity index (χ3n) is 3.16. The van der Waals surface area contributed by atoms with Crippen LogP contribution in [-0.2, 0) is 9.53 Å². The van der Waals surface area contributed by atoms with E-state index in [0.29, 0.717) is 12.2 Å². The Kier molecular flexibility index (Phi) is 8.67. The monoisotopic (exact) mass is 256 g/mol. The molecule has 0 aliphatic carbocycles. The van der Waals surface area contributed by atoms with Crippen LogP contribution in [0.1, 0.15) is 27.2 Å². The fourth-order valence-corrected chi connectivity index (χ4v) is 1.66. The van der Waals surface area contributed by atoms with Gasteiger partial charge >= 0.3 is 5.97 Å². The van der Waals surface area contributed by atoms with Crippen LogP contribution in [0.3, 0.4) is 0 Å². The Morgan fingerprint density at radius 1 is 1.28 bits per heavy atom. The van der Waals surface area contributed by atoms with E-state index < -0.39 is 0 Å². The average Bonchev–Trinajstić information content (AvgIpc) is 2.32. The second-order valence-electron chi connectivity index (χ2n) is 4.81. The molecule has 0 fully saturated rings. The minimum atomic E-state index is -0.301. The van der Waals surface area contributed by atoms with Gasteiger partial charge in [-0.1, -0.05) is 20.4 Å². The zero-order valence-electron chi connectivity index (χ0n) is 12.5. The summed E-state index contributed by atoms with van der Waals surface area (Å²) < 4.78 is 5.23. The van der Waals surface area contributed by atoms with Gasteiger partial charge in [0.25, 0.3) is 0 Å². The topological polar surface area (TPSA) is 32.8 Å². The first kappa shape index (κ1) is 17.1. The van der Waals surface area contributed by atoms with Crippen LogP contribution in [0.4, 0.5) is 0 Å². The summed E-state index contributed by atoms with van der Waals surface area (Å²) in [4.78, 5) is 15.8. The molecule has 0 aromatic carbocycles. The summed E-state index contributed by atoms with van der Waals surface area (Å²) in [5.41, 5.74) is 0.455. The first-order valence-corrected chi connectivity index (χ1v) is 6.63. The molecule has 106 valence electrons. The third-order valence-corrected chi connectivity index (χ3v) is 3.16. The van der Waals surface area contributed by atoms with Gasteiger partial charge in [-0.3, -0.25) is 0 Å². The van der Waals surface area contributed by atoms with Crippen molar-refractivity contribution in [3.8, 4) is 0 Å². The summed E-state index contributed by atoms with van der Waals surface area (Å²) in [6, 6.07) is 0.258. The summed E-state index contributed by atoms with van der Waals surface area (Å²) >= 11 is 0. The fourth-order valence-electron chi connectivity index (χ4n) is 1.66. The van der Waals surface area contributed by atoms with E-state index in [1.54, 1.807) is 6.92 Å². The van der Waals surface area contributed by atoms with Crippen LogP contribution in [0.25, 0.3) is 0 Å². The van der Waals surface area contributed by atoms with Crippen molar-refractivity contribution in [3.05, 3.63) is 12.2 Å².